The molecule has 0 spiro atoms. The highest BCUT2D eigenvalue weighted by atomic mass is 16.4. The number of hydrogen-bond donors (Lipinski definition) is 1. The topological polar surface area (TPSA) is 68.8 Å². The fraction of sp³-hybridized carbons (Fsp3) is 0.227. The highest BCUT2D eigenvalue weighted by Gasteiger charge is 2.19. The van der Waals surface area contributed by atoms with Crippen molar-refractivity contribution in [3.63, 3.8) is 0 Å². The molecule has 0 bridgehead atoms. The van der Waals surface area contributed by atoms with E-state index in [-0.39, 0.29) is 6.04 Å². The first-order chi connectivity index (χ1) is 13.5. The molecule has 4 rings (SSSR count). The third-order valence-electron chi connectivity index (χ3n) is 4.76. The summed E-state index contributed by atoms with van der Waals surface area (Å²) < 4.78 is 7.84. The second-order valence-corrected chi connectivity index (χ2v) is 6.97. The molecule has 6 heteroatoms. The van der Waals surface area contributed by atoms with Crippen LogP contribution in [0.15, 0.2) is 59.0 Å². The van der Waals surface area contributed by atoms with Gasteiger partial charge in [-0.15, -0.1) is 10.2 Å². The number of nitrogens with zero attached hydrogens (tertiary/aromatic N) is 4. The first kappa shape index (κ1) is 18.0. The minimum Gasteiger partial charge on any atom is -0.418 e. The maximum atomic E-state index is 5.90. The van der Waals surface area contributed by atoms with E-state index in [0.29, 0.717) is 11.8 Å². The molecule has 0 fully saturated rings. The van der Waals surface area contributed by atoms with Crippen LogP contribution in [-0.2, 0) is 0 Å². The van der Waals surface area contributed by atoms with Crippen LogP contribution in [0.4, 0.5) is 5.69 Å². The van der Waals surface area contributed by atoms with Crippen LogP contribution in [0.2, 0.25) is 0 Å². The van der Waals surface area contributed by atoms with Gasteiger partial charge >= 0.3 is 0 Å². The number of rotatable bonds is 5. The Morgan fingerprint density at radius 3 is 2.36 bits per heavy atom. The van der Waals surface area contributed by atoms with Crippen LogP contribution in [0.25, 0.3) is 17.1 Å². The van der Waals surface area contributed by atoms with Gasteiger partial charge in [-0.2, -0.15) is 5.10 Å². The van der Waals surface area contributed by atoms with E-state index in [0.717, 1.165) is 28.3 Å². The summed E-state index contributed by atoms with van der Waals surface area (Å²) in [5.74, 6) is 1.07. The molecule has 0 unspecified atom stereocenters. The zero-order chi connectivity index (χ0) is 19.7. The summed E-state index contributed by atoms with van der Waals surface area (Å²) in [7, 11) is 0. The molecule has 2 aromatic heterocycles. The summed E-state index contributed by atoms with van der Waals surface area (Å²) in [5, 5.41) is 16.6. The number of aryl methyl sites for hydroxylation is 2. The van der Waals surface area contributed by atoms with Crippen molar-refractivity contribution < 1.29 is 4.42 Å². The highest BCUT2D eigenvalue weighted by molar-refractivity contribution is 5.56. The number of benzene rings is 2. The molecule has 28 heavy (non-hydrogen) atoms. The third kappa shape index (κ3) is 3.41. The summed E-state index contributed by atoms with van der Waals surface area (Å²) in [5.41, 5.74) is 6.08. The fourth-order valence-corrected chi connectivity index (χ4v) is 3.17. The Hall–Kier alpha value is -3.41. The van der Waals surface area contributed by atoms with Gasteiger partial charge in [0.05, 0.1) is 22.8 Å². The molecule has 2 aromatic carbocycles. The SMILES string of the molecule is Cc1ccc(-c2nnc([C@@H](C)Nc3c(C)nn(-c4ccccc4)c3C)o2)cc1. The van der Waals surface area contributed by atoms with Gasteiger partial charge in [0.1, 0.15) is 6.04 Å². The lowest BCUT2D eigenvalue weighted by atomic mass is 10.1. The zero-order valence-corrected chi connectivity index (χ0v) is 16.5. The van der Waals surface area contributed by atoms with Crippen LogP contribution >= 0.6 is 0 Å². The zero-order valence-electron chi connectivity index (χ0n) is 16.5. The molecular weight excluding hydrogens is 350 g/mol. The number of nitrogens with one attached hydrogen (secondary N) is 1. The molecule has 4 aromatic rings. The summed E-state index contributed by atoms with van der Waals surface area (Å²) >= 11 is 0. The average Bonchev–Trinajstić information content (AvgIpc) is 3.30. The van der Waals surface area contributed by atoms with Gasteiger partial charge in [-0.25, -0.2) is 4.68 Å². The molecule has 6 nitrogen and oxygen atoms in total. The van der Waals surface area contributed by atoms with E-state index in [9.17, 15) is 0 Å². The normalized spacial score (nSPS) is 12.1. The Kier molecular flexibility index (Phi) is 4.69. The van der Waals surface area contributed by atoms with Crippen molar-refractivity contribution >= 4 is 5.69 Å². The van der Waals surface area contributed by atoms with Crippen molar-refractivity contribution in [3.8, 4) is 17.1 Å². The van der Waals surface area contributed by atoms with E-state index in [1.165, 1.54) is 5.56 Å². The van der Waals surface area contributed by atoms with Crippen LogP contribution in [0.3, 0.4) is 0 Å². The van der Waals surface area contributed by atoms with E-state index in [1.54, 1.807) is 0 Å². The van der Waals surface area contributed by atoms with Crippen molar-refractivity contribution in [2.24, 2.45) is 0 Å². The second kappa shape index (κ2) is 7.31. The van der Waals surface area contributed by atoms with Crippen LogP contribution in [0, 0.1) is 20.8 Å². The van der Waals surface area contributed by atoms with Crippen LogP contribution in [-0.4, -0.2) is 20.0 Å². The molecule has 1 atom stereocenters. The molecule has 0 aliphatic rings. The Labute approximate surface area is 164 Å². The van der Waals surface area contributed by atoms with E-state index >= 15 is 0 Å². The Morgan fingerprint density at radius 2 is 1.64 bits per heavy atom. The molecule has 0 amide bonds. The number of hydrogen-bond acceptors (Lipinski definition) is 5. The van der Waals surface area contributed by atoms with Crippen molar-refractivity contribution in [1.82, 2.24) is 20.0 Å². The van der Waals surface area contributed by atoms with Gasteiger partial charge in [0.2, 0.25) is 11.8 Å². The van der Waals surface area contributed by atoms with Gasteiger partial charge in [-0.3, -0.25) is 0 Å². The largest absolute Gasteiger partial charge is 0.418 e. The summed E-state index contributed by atoms with van der Waals surface area (Å²) in [4.78, 5) is 0. The van der Waals surface area contributed by atoms with Crippen molar-refractivity contribution in [3.05, 3.63) is 77.4 Å². The predicted octanol–water partition coefficient (Wildman–Crippen LogP) is 5.02. The summed E-state index contributed by atoms with van der Waals surface area (Å²) in [6.07, 6.45) is 0. The van der Waals surface area contributed by atoms with Gasteiger partial charge in [0.15, 0.2) is 0 Å². The first-order valence-electron chi connectivity index (χ1n) is 9.31. The molecule has 142 valence electrons. The lowest BCUT2D eigenvalue weighted by molar-refractivity contribution is 0.485. The molecule has 2 heterocycles. The Bertz CT molecular complexity index is 1080. The van der Waals surface area contributed by atoms with Crippen LogP contribution in [0.5, 0.6) is 0 Å². The lowest BCUT2D eigenvalue weighted by Crippen LogP contribution is -2.08. The van der Waals surface area contributed by atoms with Gasteiger partial charge in [0.25, 0.3) is 0 Å². The molecular formula is C22H23N5O. The summed E-state index contributed by atoms with van der Waals surface area (Å²) in [6, 6.07) is 18.0. The van der Waals surface area contributed by atoms with Crippen LogP contribution < -0.4 is 5.32 Å². The maximum absolute atomic E-state index is 5.90. The number of aromatic nitrogens is 4. The second-order valence-electron chi connectivity index (χ2n) is 6.97. The van der Waals surface area contributed by atoms with Crippen molar-refractivity contribution in [2.45, 2.75) is 33.7 Å². The van der Waals surface area contributed by atoms with E-state index in [1.807, 2.05) is 80.1 Å². The minimum atomic E-state index is -0.141. The molecule has 0 aliphatic carbocycles. The third-order valence-corrected chi connectivity index (χ3v) is 4.76. The standard InChI is InChI=1S/C22H23N5O/c1-14-10-12-18(13-11-14)22-25-24-21(28-22)16(3)23-20-15(2)26-27(17(20)4)19-8-6-5-7-9-19/h5-13,16,23H,1-4H3/t16-/m1/s1. The predicted molar refractivity (Wildman–Crippen MR) is 110 cm³/mol. The fourth-order valence-electron chi connectivity index (χ4n) is 3.17. The average molecular weight is 373 g/mol. The first-order valence-corrected chi connectivity index (χ1v) is 9.31. The number of para-hydroxylation sites is 1. The van der Waals surface area contributed by atoms with Gasteiger partial charge < -0.3 is 9.73 Å². The van der Waals surface area contributed by atoms with Gasteiger partial charge in [-0.1, -0.05) is 35.9 Å². The Balaban J connectivity index is 1.57. The number of anilines is 1. The van der Waals surface area contributed by atoms with Gasteiger partial charge in [-0.05, 0) is 52.0 Å². The van der Waals surface area contributed by atoms with Crippen molar-refractivity contribution in [1.29, 1.82) is 0 Å². The maximum Gasteiger partial charge on any atom is 0.247 e. The lowest BCUT2D eigenvalue weighted by Gasteiger charge is -2.12. The molecule has 0 radical (unpaired) electrons. The van der Waals surface area contributed by atoms with E-state index in [4.69, 9.17) is 4.42 Å². The minimum absolute atomic E-state index is 0.141. The van der Waals surface area contributed by atoms with E-state index in [2.05, 4.69) is 27.5 Å². The molecule has 0 aliphatic heterocycles. The quantitative estimate of drug-likeness (QED) is 0.532. The highest BCUT2D eigenvalue weighted by Crippen LogP contribution is 2.28. The molecule has 1 N–H and O–H groups in total. The van der Waals surface area contributed by atoms with Gasteiger partial charge in [0, 0.05) is 5.56 Å². The smallest absolute Gasteiger partial charge is 0.247 e. The van der Waals surface area contributed by atoms with E-state index < -0.39 is 0 Å². The molecule has 0 saturated heterocycles. The monoisotopic (exact) mass is 373 g/mol. The summed E-state index contributed by atoms with van der Waals surface area (Å²) in [6.45, 7) is 8.10. The van der Waals surface area contributed by atoms with Crippen LogP contribution in [0.1, 0.15) is 35.8 Å². The van der Waals surface area contributed by atoms with Crippen molar-refractivity contribution in [2.75, 3.05) is 5.32 Å². The Morgan fingerprint density at radius 1 is 0.929 bits per heavy atom. The molecule has 0 saturated carbocycles.